The lowest BCUT2D eigenvalue weighted by Gasteiger charge is -2.25. The standard InChI is InChI=1S/C20H12Cl3F3N2O2S/c21-13-4-1-12(16(7-13)20(24,25)26)10-28(18-17(23)8-14(22)9-27-18)31-15-5-2-11(3-6-15)19(29)30/h1-9H,10H2,(H,29,30). The Balaban J connectivity index is 2.02. The third kappa shape index (κ3) is 5.98. The molecule has 3 aromatic rings. The lowest BCUT2D eigenvalue weighted by molar-refractivity contribution is -0.138. The number of nitrogens with zero attached hydrogens (tertiary/aromatic N) is 2. The molecule has 0 amide bonds. The lowest BCUT2D eigenvalue weighted by atomic mass is 10.1. The number of carboxylic acids is 1. The number of anilines is 1. The van der Waals surface area contributed by atoms with Crippen LogP contribution in [0.2, 0.25) is 15.1 Å². The Bertz CT molecular complexity index is 1110. The van der Waals surface area contributed by atoms with Crippen LogP contribution in [0.25, 0.3) is 0 Å². The average molecular weight is 508 g/mol. The second-order valence-corrected chi connectivity index (χ2v) is 8.59. The highest BCUT2D eigenvalue weighted by Crippen LogP contribution is 2.39. The van der Waals surface area contributed by atoms with Crippen LogP contribution in [0, 0.1) is 0 Å². The number of hydrogen-bond donors (Lipinski definition) is 1. The highest BCUT2D eigenvalue weighted by atomic mass is 35.5. The Morgan fingerprint density at radius 3 is 2.29 bits per heavy atom. The first-order chi connectivity index (χ1) is 14.5. The predicted octanol–water partition coefficient (Wildman–Crippen LogP) is 7.47. The quantitative estimate of drug-likeness (QED) is 0.351. The summed E-state index contributed by atoms with van der Waals surface area (Å²) in [6.45, 7) is -0.217. The lowest BCUT2D eigenvalue weighted by Crippen LogP contribution is -2.19. The minimum atomic E-state index is -4.61. The molecule has 0 spiro atoms. The molecule has 162 valence electrons. The second kappa shape index (κ2) is 9.56. The van der Waals surface area contributed by atoms with E-state index in [0.29, 0.717) is 4.90 Å². The van der Waals surface area contributed by atoms with Gasteiger partial charge in [-0.15, -0.1) is 0 Å². The topological polar surface area (TPSA) is 53.4 Å². The molecule has 0 fully saturated rings. The molecule has 0 unspecified atom stereocenters. The molecule has 0 aliphatic rings. The Morgan fingerprint density at radius 2 is 1.71 bits per heavy atom. The van der Waals surface area contributed by atoms with Gasteiger partial charge in [-0.3, -0.25) is 4.31 Å². The molecule has 0 aliphatic carbocycles. The van der Waals surface area contributed by atoms with Crippen molar-refractivity contribution in [3.8, 4) is 0 Å². The maximum Gasteiger partial charge on any atom is 0.416 e. The van der Waals surface area contributed by atoms with Crippen molar-refractivity contribution in [1.82, 2.24) is 4.98 Å². The van der Waals surface area contributed by atoms with E-state index in [1.807, 2.05) is 0 Å². The maximum atomic E-state index is 13.6. The van der Waals surface area contributed by atoms with Crippen molar-refractivity contribution in [2.24, 2.45) is 0 Å². The van der Waals surface area contributed by atoms with Crippen molar-refractivity contribution >= 4 is 58.5 Å². The van der Waals surface area contributed by atoms with Gasteiger partial charge in [0.25, 0.3) is 0 Å². The molecule has 1 aromatic heterocycles. The summed E-state index contributed by atoms with van der Waals surface area (Å²) in [5, 5.41) is 9.42. The van der Waals surface area contributed by atoms with E-state index in [4.69, 9.17) is 39.9 Å². The largest absolute Gasteiger partial charge is 0.478 e. The molecule has 11 heteroatoms. The Morgan fingerprint density at radius 1 is 1.03 bits per heavy atom. The van der Waals surface area contributed by atoms with Gasteiger partial charge in [0.15, 0.2) is 5.82 Å². The van der Waals surface area contributed by atoms with Crippen molar-refractivity contribution in [1.29, 1.82) is 0 Å². The number of halogens is 6. The molecule has 0 aliphatic heterocycles. The first-order valence-electron chi connectivity index (χ1n) is 8.50. The molecule has 3 rings (SSSR count). The number of carbonyl (C=O) groups is 1. The number of alkyl halides is 3. The normalized spacial score (nSPS) is 11.4. The Kier molecular flexibility index (Phi) is 7.26. The number of rotatable bonds is 6. The number of aromatic nitrogens is 1. The minimum Gasteiger partial charge on any atom is -0.478 e. The summed E-state index contributed by atoms with van der Waals surface area (Å²) in [6, 6.07) is 10.8. The van der Waals surface area contributed by atoms with Crippen LogP contribution in [-0.2, 0) is 12.7 Å². The molecule has 0 saturated carbocycles. The average Bonchev–Trinajstić information content (AvgIpc) is 2.68. The molecular formula is C20H12Cl3F3N2O2S. The van der Waals surface area contributed by atoms with E-state index in [0.717, 1.165) is 18.0 Å². The van der Waals surface area contributed by atoms with E-state index in [-0.39, 0.29) is 38.6 Å². The summed E-state index contributed by atoms with van der Waals surface area (Å²) in [5.74, 6) is -0.895. The van der Waals surface area contributed by atoms with E-state index in [1.165, 1.54) is 53.0 Å². The van der Waals surface area contributed by atoms with Gasteiger partial charge in [-0.05, 0) is 60.0 Å². The predicted molar refractivity (Wildman–Crippen MR) is 116 cm³/mol. The van der Waals surface area contributed by atoms with Crippen LogP contribution < -0.4 is 4.31 Å². The molecule has 2 aromatic carbocycles. The molecule has 1 heterocycles. The van der Waals surface area contributed by atoms with Crippen molar-refractivity contribution in [2.45, 2.75) is 17.6 Å². The van der Waals surface area contributed by atoms with Gasteiger partial charge in [-0.25, -0.2) is 9.78 Å². The van der Waals surface area contributed by atoms with Crippen LogP contribution in [0.1, 0.15) is 21.5 Å². The van der Waals surface area contributed by atoms with Gasteiger partial charge in [0.1, 0.15) is 0 Å². The number of aromatic carboxylic acids is 1. The van der Waals surface area contributed by atoms with Crippen molar-refractivity contribution < 1.29 is 23.1 Å². The zero-order valence-electron chi connectivity index (χ0n) is 15.3. The van der Waals surface area contributed by atoms with Gasteiger partial charge in [0.2, 0.25) is 0 Å². The zero-order valence-corrected chi connectivity index (χ0v) is 18.4. The molecule has 4 nitrogen and oxygen atoms in total. The number of carboxylic acid groups (broad SMARTS) is 1. The molecular weight excluding hydrogens is 496 g/mol. The Hall–Kier alpha value is -2.13. The van der Waals surface area contributed by atoms with Gasteiger partial charge in [-0.2, -0.15) is 13.2 Å². The van der Waals surface area contributed by atoms with Crippen LogP contribution >= 0.6 is 46.8 Å². The molecule has 31 heavy (non-hydrogen) atoms. The third-order valence-corrected chi connectivity index (χ3v) is 5.76. The van der Waals surface area contributed by atoms with Crippen LogP contribution in [0.3, 0.4) is 0 Å². The monoisotopic (exact) mass is 506 g/mol. The summed E-state index contributed by atoms with van der Waals surface area (Å²) in [6.07, 6.45) is -3.28. The summed E-state index contributed by atoms with van der Waals surface area (Å²) >= 11 is 19.0. The van der Waals surface area contributed by atoms with Crippen LogP contribution in [-0.4, -0.2) is 16.1 Å². The molecule has 0 bridgehead atoms. The number of benzene rings is 2. The van der Waals surface area contributed by atoms with E-state index in [1.54, 1.807) is 0 Å². The van der Waals surface area contributed by atoms with Crippen molar-refractivity contribution in [3.05, 3.63) is 86.5 Å². The summed E-state index contributed by atoms with van der Waals surface area (Å²) in [7, 11) is 0. The Labute approximate surface area is 194 Å². The molecule has 0 saturated heterocycles. The molecule has 1 N–H and O–H groups in total. The highest BCUT2D eigenvalue weighted by molar-refractivity contribution is 8.00. The fourth-order valence-corrected chi connectivity index (χ4v) is 4.28. The summed E-state index contributed by atoms with van der Waals surface area (Å²) in [4.78, 5) is 15.8. The van der Waals surface area contributed by atoms with Gasteiger partial charge in [0, 0.05) is 16.1 Å². The van der Waals surface area contributed by atoms with Crippen LogP contribution in [0.15, 0.2) is 59.6 Å². The third-order valence-electron chi connectivity index (χ3n) is 4.03. The van der Waals surface area contributed by atoms with Gasteiger partial charge < -0.3 is 5.11 Å². The fourth-order valence-electron chi connectivity index (χ4n) is 2.63. The SMILES string of the molecule is O=C(O)c1ccc(SN(Cc2ccc(Cl)cc2C(F)(F)F)c2ncc(Cl)cc2Cl)cc1. The maximum absolute atomic E-state index is 13.6. The van der Waals surface area contributed by atoms with Gasteiger partial charge in [-0.1, -0.05) is 40.9 Å². The molecule has 0 radical (unpaired) electrons. The second-order valence-electron chi connectivity index (χ2n) is 6.22. The van der Waals surface area contributed by atoms with E-state index in [2.05, 4.69) is 4.98 Å². The van der Waals surface area contributed by atoms with Crippen LogP contribution in [0.4, 0.5) is 19.0 Å². The summed E-state index contributed by atoms with van der Waals surface area (Å²) in [5.41, 5.74) is -0.841. The smallest absolute Gasteiger partial charge is 0.416 e. The zero-order chi connectivity index (χ0) is 22.8. The minimum absolute atomic E-state index is 0.0396. The van der Waals surface area contributed by atoms with Crippen molar-refractivity contribution in [2.75, 3.05) is 4.31 Å². The van der Waals surface area contributed by atoms with E-state index < -0.39 is 17.7 Å². The first kappa shape index (κ1) is 23.5. The van der Waals surface area contributed by atoms with E-state index >= 15 is 0 Å². The fraction of sp³-hybridized carbons (Fsp3) is 0.100. The molecule has 0 atom stereocenters. The van der Waals surface area contributed by atoms with Gasteiger partial charge in [0.05, 0.1) is 27.7 Å². The van der Waals surface area contributed by atoms with E-state index in [9.17, 15) is 18.0 Å². The number of hydrogen-bond acceptors (Lipinski definition) is 4. The van der Waals surface area contributed by atoms with Gasteiger partial charge >= 0.3 is 12.1 Å². The summed E-state index contributed by atoms with van der Waals surface area (Å²) < 4.78 is 42.2. The van der Waals surface area contributed by atoms with Crippen LogP contribution in [0.5, 0.6) is 0 Å². The highest BCUT2D eigenvalue weighted by Gasteiger charge is 2.34. The number of pyridine rings is 1. The van der Waals surface area contributed by atoms with Crippen molar-refractivity contribution in [3.63, 3.8) is 0 Å². The first-order valence-corrected chi connectivity index (χ1v) is 10.4.